The van der Waals surface area contributed by atoms with E-state index in [2.05, 4.69) is 20.8 Å². The molecule has 2 atom stereocenters. The average Bonchev–Trinajstić information content (AvgIpc) is 2.25. The van der Waals surface area contributed by atoms with E-state index in [1.165, 1.54) is 11.8 Å². The molecule has 4 heteroatoms. The molecule has 0 aromatic heterocycles. The number of benzene rings is 1. The lowest BCUT2D eigenvalue weighted by Crippen LogP contribution is -2.21. The monoisotopic (exact) mass is 288 g/mol. The molecule has 0 amide bonds. The van der Waals surface area contributed by atoms with Gasteiger partial charge in [0.15, 0.2) is 9.84 Å². The molecule has 102 valence electrons. The smallest absolute Gasteiger partial charge is 0.151 e. The first-order chi connectivity index (χ1) is 8.03. The molecular formula is C14H21ClO2S. The van der Waals surface area contributed by atoms with E-state index in [9.17, 15) is 8.42 Å². The van der Waals surface area contributed by atoms with Crippen molar-refractivity contribution < 1.29 is 8.42 Å². The summed E-state index contributed by atoms with van der Waals surface area (Å²) in [6, 6.07) is 7.86. The molecule has 2 unspecified atom stereocenters. The van der Waals surface area contributed by atoms with Gasteiger partial charge < -0.3 is 0 Å². The lowest BCUT2D eigenvalue weighted by Gasteiger charge is -2.21. The summed E-state index contributed by atoms with van der Waals surface area (Å²) in [5.41, 5.74) is 2.15. The Morgan fingerprint density at radius 2 is 1.56 bits per heavy atom. The summed E-state index contributed by atoms with van der Waals surface area (Å²) in [4.78, 5) is 0. The van der Waals surface area contributed by atoms with Crippen LogP contribution in [-0.2, 0) is 15.3 Å². The number of halogens is 1. The van der Waals surface area contributed by atoms with Crippen LogP contribution in [0.25, 0.3) is 0 Å². The molecule has 0 aliphatic carbocycles. The van der Waals surface area contributed by atoms with Crippen LogP contribution in [0.4, 0.5) is 0 Å². The minimum Gasteiger partial charge on any atom is -0.229 e. The van der Waals surface area contributed by atoms with Crippen LogP contribution in [0.1, 0.15) is 44.2 Å². The molecule has 0 fully saturated rings. The molecule has 0 spiro atoms. The first kappa shape index (κ1) is 15.5. The van der Waals surface area contributed by atoms with Gasteiger partial charge in [0.2, 0.25) is 0 Å². The normalized spacial score (nSPS) is 16.3. The highest BCUT2D eigenvalue weighted by atomic mass is 35.5. The third-order valence-electron chi connectivity index (χ3n) is 3.18. The molecule has 1 rings (SSSR count). The summed E-state index contributed by atoms with van der Waals surface area (Å²) in [5, 5.41) is -1.09. The third-order valence-corrected chi connectivity index (χ3v) is 5.58. The maximum atomic E-state index is 11.5. The molecule has 0 saturated heterocycles. The van der Waals surface area contributed by atoms with Crippen LogP contribution >= 0.6 is 11.6 Å². The molecule has 1 aromatic rings. The lowest BCUT2D eigenvalue weighted by molar-refractivity contribution is 0.585. The Hall–Kier alpha value is -0.540. The van der Waals surface area contributed by atoms with Crippen LogP contribution in [0.15, 0.2) is 24.3 Å². The summed E-state index contributed by atoms with van der Waals surface area (Å²) >= 11 is 6.23. The summed E-state index contributed by atoms with van der Waals surface area (Å²) in [7, 11) is -3.12. The first-order valence-corrected chi connectivity index (χ1v) is 8.36. The van der Waals surface area contributed by atoms with Gasteiger partial charge in [-0.05, 0) is 23.5 Å². The van der Waals surface area contributed by atoms with Crippen molar-refractivity contribution in [1.29, 1.82) is 0 Å². The third kappa shape index (κ3) is 3.72. The highest BCUT2D eigenvalue weighted by Crippen LogP contribution is 2.30. The fourth-order valence-electron chi connectivity index (χ4n) is 1.66. The molecule has 18 heavy (non-hydrogen) atoms. The predicted octanol–water partition coefficient (Wildman–Crippen LogP) is 3.70. The van der Waals surface area contributed by atoms with E-state index in [0.717, 1.165) is 5.56 Å². The van der Waals surface area contributed by atoms with E-state index >= 15 is 0 Å². The topological polar surface area (TPSA) is 34.1 Å². The van der Waals surface area contributed by atoms with E-state index in [1.807, 2.05) is 24.3 Å². The van der Waals surface area contributed by atoms with Crippen LogP contribution in [0, 0.1) is 0 Å². The van der Waals surface area contributed by atoms with Crippen LogP contribution < -0.4 is 0 Å². The van der Waals surface area contributed by atoms with E-state index in [4.69, 9.17) is 11.6 Å². The molecule has 0 aliphatic rings. The molecule has 0 heterocycles. The van der Waals surface area contributed by atoms with Crippen molar-refractivity contribution in [2.75, 3.05) is 6.26 Å². The van der Waals surface area contributed by atoms with Gasteiger partial charge in [-0.1, -0.05) is 45.0 Å². The molecule has 0 radical (unpaired) electrons. The van der Waals surface area contributed by atoms with Crippen LogP contribution in [0.2, 0.25) is 0 Å². The molecule has 0 saturated carbocycles. The van der Waals surface area contributed by atoms with Gasteiger partial charge in [-0.15, -0.1) is 11.6 Å². The van der Waals surface area contributed by atoms with Crippen molar-refractivity contribution in [3.8, 4) is 0 Å². The summed E-state index contributed by atoms with van der Waals surface area (Å²) in [6.45, 7) is 8.06. The van der Waals surface area contributed by atoms with Gasteiger partial charge in [0, 0.05) is 6.26 Å². The largest absolute Gasteiger partial charge is 0.229 e. The second kappa shape index (κ2) is 5.22. The molecule has 0 bridgehead atoms. The van der Waals surface area contributed by atoms with E-state index in [-0.39, 0.29) is 5.41 Å². The molecular weight excluding hydrogens is 268 g/mol. The summed E-state index contributed by atoms with van der Waals surface area (Å²) in [5.74, 6) is 0. The van der Waals surface area contributed by atoms with Gasteiger partial charge in [-0.3, -0.25) is 0 Å². The highest BCUT2D eigenvalue weighted by Gasteiger charge is 2.25. The maximum absolute atomic E-state index is 11.5. The highest BCUT2D eigenvalue weighted by molar-refractivity contribution is 7.91. The van der Waals surface area contributed by atoms with Gasteiger partial charge in [-0.25, -0.2) is 8.42 Å². The fourth-order valence-corrected chi connectivity index (χ4v) is 2.95. The van der Waals surface area contributed by atoms with Crippen molar-refractivity contribution in [1.82, 2.24) is 0 Å². The second-order valence-corrected chi connectivity index (χ2v) is 8.68. The predicted molar refractivity (Wildman–Crippen MR) is 78.0 cm³/mol. The number of rotatable bonds is 3. The zero-order valence-corrected chi connectivity index (χ0v) is 13.1. The van der Waals surface area contributed by atoms with Crippen molar-refractivity contribution in [2.24, 2.45) is 0 Å². The molecule has 0 N–H and O–H groups in total. The van der Waals surface area contributed by atoms with Crippen LogP contribution in [-0.4, -0.2) is 19.9 Å². The molecule has 1 aromatic carbocycles. The van der Waals surface area contributed by atoms with Crippen LogP contribution in [0.5, 0.6) is 0 Å². The van der Waals surface area contributed by atoms with E-state index < -0.39 is 20.5 Å². The van der Waals surface area contributed by atoms with Gasteiger partial charge >= 0.3 is 0 Å². The van der Waals surface area contributed by atoms with Gasteiger partial charge in [0.25, 0.3) is 0 Å². The van der Waals surface area contributed by atoms with Crippen molar-refractivity contribution >= 4 is 21.4 Å². The summed E-state index contributed by atoms with van der Waals surface area (Å²) < 4.78 is 23.0. The average molecular weight is 289 g/mol. The zero-order chi connectivity index (χ0) is 14.1. The molecule has 0 aliphatic heterocycles. The minimum atomic E-state index is -3.12. The number of alkyl halides is 1. The van der Waals surface area contributed by atoms with Gasteiger partial charge in [0.05, 0.1) is 10.6 Å². The second-order valence-electron chi connectivity index (χ2n) is 5.81. The van der Waals surface area contributed by atoms with Crippen molar-refractivity contribution in [3.63, 3.8) is 0 Å². The van der Waals surface area contributed by atoms with Gasteiger partial charge in [0.1, 0.15) is 0 Å². The minimum absolute atomic E-state index is 0.0861. The van der Waals surface area contributed by atoms with Crippen LogP contribution in [0.3, 0.4) is 0 Å². The first-order valence-electron chi connectivity index (χ1n) is 5.97. The SMILES string of the molecule is CC(C(Cl)c1ccc(C(C)(C)C)cc1)S(C)(=O)=O. The van der Waals surface area contributed by atoms with Crippen molar-refractivity contribution in [2.45, 2.75) is 43.7 Å². The molecule has 2 nitrogen and oxygen atoms in total. The number of sulfone groups is 1. The number of hydrogen-bond donors (Lipinski definition) is 0. The quantitative estimate of drug-likeness (QED) is 0.795. The maximum Gasteiger partial charge on any atom is 0.151 e. The Balaban J connectivity index is 3.00. The standard InChI is InChI=1S/C14H21ClO2S/c1-10(18(5,16)17)13(15)11-6-8-12(9-7-11)14(2,3)4/h6-10,13H,1-5H3. The Morgan fingerprint density at radius 3 is 1.89 bits per heavy atom. The Bertz CT molecular complexity index is 498. The van der Waals surface area contributed by atoms with E-state index in [0.29, 0.717) is 0 Å². The van der Waals surface area contributed by atoms with Crippen molar-refractivity contribution in [3.05, 3.63) is 35.4 Å². The number of hydrogen-bond acceptors (Lipinski definition) is 2. The zero-order valence-electron chi connectivity index (χ0n) is 11.6. The lowest BCUT2D eigenvalue weighted by atomic mass is 9.86. The summed E-state index contributed by atoms with van der Waals surface area (Å²) in [6.07, 6.45) is 1.22. The van der Waals surface area contributed by atoms with Gasteiger partial charge in [-0.2, -0.15) is 0 Å². The Labute approximate surface area is 115 Å². The Kier molecular flexibility index (Phi) is 4.50. The fraction of sp³-hybridized carbons (Fsp3) is 0.571. The Morgan fingerprint density at radius 1 is 1.11 bits per heavy atom. The van der Waals surface area contributed by atoms with E-state index in [1.54, 1.807) is 6.92 Å².